The van der Waals surface area contributed by atoms with E-state index in [2.05, 4.69) is 11.9 Å². The van der Waals surface area contributed by atoms with Gasteiger partial charge in [-0.15, -0.1) is 0 Å². The van der Waals surface area contributed by atoms with Crippen LogP contribution < -0.4 is 0 Å². The summed E-state index contributed by atoms with van der Waals surface area (Å²) in [5.74, 6) is -0.436. The molecule has 20 heavy (non-hydrogen) atoms. The summed E-state index contributed by atoms with van der Waals surface area (Å²) in [7, 11) is 3.86. The normalized spacial score (nSPS) is 23.4. The average molecular weight is 283 g/mol. The Morgan fingerprint density at radius 2 is 2.00 bits per heavy atom. The number of carboxylic acid groups (broad SMARTS) is 1. The van der Waals surface area contributed by atoms with Crippen molar-refractivity contribution in [2.24, 2.45) is 5.92 Å². The summed E-state index contributed by atoms with van der Waals surface area (Å²) in [5, 5.41) is 8.98. The lowest BCUT2D eigenvalue weighted by Gasteiger charge is -2.38. The number of nitrogens with zero attached hydrogens (tertiary/aromatic N) is 3. The topological polar surface area (TPSA) is 64.1 Å². The Balaban J connectivity index is 1.95. The van der Waals surface area contributed by atoms with Crippen molar-refractivity contribution < 1.29 is 14.7 Å². The van der Waals surface area contributed by atoms with Crippen molar-refractivity contribution in [3.8, 4) is 0 Å². The van der Waals surface area contributed by atoms with Crippen LogP contribution in [0.3, 0.4) is 0 Å². The first kappa shape index (κ1) is 15.1. The maximum Gasteiger partial charge on any atom is 0.323 e. The SMILES string of the molecule is CN1CCCC(N(C)C(=O)N(CC(=O)O)CC2CC2)C1. The largest absolute Gasteiger partial charge is 0.480 e. The standard InChI is InChI=1S/C14H25N3O3/c1-15-7-3-4-12(9-15)16(2)14(20)17(10-13(18)19)8-11-5-6-11/h11-12H,3-10H2,1-2H3,(H,18,19). The van der Waals surface area contributed by atoms with Crippen LogP contribution in [-0.2, 0) is 4.79 Å². The van der Waals surface area contributed by atoms with E-state index in [1.165, 1.54) is 4.90 Å². The molecule has 0 aromatic carbocycles. The zero-order valence-electron chi connectivity index (χ0n) is 12.4. The molecular weight excluding hydrogens is 258 g/mol. The Hall–Kier alpha value is -1.30. The minimum atomic E-state index is -0.937. The maximum absolute atomic E-state index is 12.5. The van der Waals surface area contributed by atoms with Crippen LogP contribution in [0.5, 0.6) is 0 Å². The molecule has 2 rings (SSSR count). The third-order valence-corrected chi connectivity index (χ3v) is 4.22. The summed E-state index contributed by atoms with van der Waals surface area (Å²) < 4.78 is 0. The zero-order valence-corrected chi connectivity index (χ0v) is 12.4. The summed E-state index contributed by atoms with van der Waals surface area (Å²) in [5.41, 5.74) is 0. The highest BCUT2D eigenvalue weighted by Gasteiger charge is 2.32. The van der Waals surface area contributed by atoms with E-state index in [0.717, 1.165) is 38.8 Å². The molecule has 0 aromatic rings. The minimum Gasteiger partial charge on any atom is -0.480 e. The number of amides is 2. The first-order chi connectivity index (χ1) is 9.47. The van der Waals surface area contributed by atoms with E-state index in [9.17, 15) is 9.59 Å². The highest BCUT2D eigenvalue weighted by atomic mass is 16.4. The molecular formula is C14H25N3O3. The first-order valence-corrected chi connectivity index (χ1v) is 7.39. The molecule has 1 unspecified atom stereocenters. The van der Waals surface area contributed by atoms with Gasteiger partial charge >= 0.3 is 12.0 Å². The Kier molecular flexibility index (Phi) is 4.86. The molecule has 0 bridgehead atoms. The first-order valence-electron chi connectivity index (χ1n) is 7.39. The number of hydrogen-bond donors (Lipinski definition) is 1. The van der Waals surface area contributed by atoms with Crippen molar-refractivity contribution in [3.63, 3.8) is 0 Å². The maximum atomic E-state index is 12.5. The fraction of sp³-hybridized carbons (Fsp3) is 0.857. The smallest absolute Gasteiger partial charge is 0.323 e. The second-order valence-electron chi connectivity index (χ2n) is 6.17. The molecule has 2 fully saturated rings. The second-order valence-corrected chi connectivity index (χ2v) is 6.17. The zero-order chi connectivity index (χ0) is 14.7. The number of carbonyl (C=O) groups excluding carboxylic acids is 1. The molecule has 1 aliphatic carbocycles. The van der Waals surface area contributed by atoms with E-state index in [1.54, 1.807) is 11.9 Å². The van der Waals surface area contributed by atoms with Gasteiger partial charge in [0, 0.05) is 26.2 Å². The predicted octanol–water partition coefficient (Wildman–Crippen LogP) is 0.929. The Labute approximate surface area is 120 Å². The van der Waals surface area contributed by atoms with Crippen LogP contribution in [0.15, 0.2) is 0 Å². The van der Waals surface area contributed by atoms with Crippen LogP contribution in [0.4, 0.5) is 4.79 Å². The van der Waals surface area contributed by atoms with Crippen molar-refractivity contribution in [1.29, 1.82) is 0 Å². The fourth-order valence-corrected chi connectivity index (χ4v) is 2.82. The number of piperidine rings is 1. The van der Waals surface area contributed by atoms with Gasteiger partial charge in [-0.2, -0.15) is 0 Å². The van der Waals surface area contributed by atoms with Gasteiger partial charge in [-0.05, 0) is 45.2 Å². The molecule has 2 amide bonds. The summed E-state index contributed by atoms with van der Waals surface area (Å²) >= 11 is 0. The van der Waals surface area contributed by atoms with Crippen molar-refractivity contribution in [3.05, 3.63) is 0 Å². The van der Waals surface area contributed by atoms with Crippen molar-refractivity contribution >= 4 is 12.0 Å². The number of carboxylic acids is 1. The summed E-state index contributed by atoms with van der Waals surface area (Å²) in [4.78, 5) is 28.9. The predicted molar refractivity (Wildman–Crippen MR) is 75.6 cm³/mol. The van der Waals surface area contributed by atoms with Gasteiger partial charge in [0.25, 0.3) is 0 Å². The Morgan fingerprint density at radius 1 is 1.30 bits per heavy atom. The third-order valence-electron chi connectivity index (χ3n) is 4.22. The van der Waals surface area contributed by atoms with Gasteiger partial charge in [0.1, 0.15) is 6.54 Å². The van der Waals surface area contributed by atoms with E-state index >= 15 is 0 Å². The molecule has 1 saturated heterocycles. The van der Waals surface area contributed by atoms with Crippen molar-refractivity contribution in [2.45, 2.75) is 31.7 Å². The van der Waals surface area contributed by atoms with E-state index < -0.39 is 5.97 Å². The van der Waals surface area contributed by atoms with E-state index in [0.29, 0.717) is 12.5 Å². The van der Waals surface area contributed by atoms with Crippen LogP contribution >= 0.6 is 0 Å². The van der Waals surface area contributed by atoms with Gasteiger partial charge in [-0.1, -0.05) is 0 Å². The lowest BCUT2D eigenvalue weighted by atomic mass is 10.1. The molecule has 6 heteroatoms. The van der Waals surface area contributed by atoms with Crippen molar-refractivity contribution in [1.82, 2.24) is 14.7 Å². The number of rotatable bonds is 5. The number of likely N-dealkylation sites (tertiary alicyclic amines) is 1. The molecule has 1 atom stereocenters. The summed E-state index contributed by atoms with van der Waals surface area (Å²) in [6.45, 7) is 2.33. The summed E-state index contributed by atoms with van der Waals surface area (Å²) in [6, 6.07) is 0.0522. The number of hydrogen-bond acceptors (Lipinski definition) is 3. The highest BCUT2D eigenvalue weighted by molar-refractivity contribution is 5.80. The van der Waals surface area contributed by atoms with Gasteiger partial charge in [0.05, 0.1) is 0 Å². The van der Waals surface area contributed by atoms with Crippen LogP contribution in [-0.4, -0.2) is 78.1 Å². The molecule has 0 aromatic heterocycles. The molecule has 1 N–H and O–H groups in total. The lowest BCUT2D eigenvalue weighted by Crippen LogP contribution is -2.52. The molecule has 0 radical (unpaired) electrons. The fourth-order valence-electron chi connectivity index (χ4n) is 2.82. The minimum absolute atomic E-state index is 0.139. The van der Waals surface area contributed by atoms with Gasteiger partial charge in [0.2, 0.25) is 0 Å². The van der Waals surface area contributed by atoms with Gasteiger partial charge < -0.3 is 19.8 Å². The van der Waals surface area contributed by atoms with Crippen LogP contribution in [0.25, 0.3) is 0 Å². The monoisotopic (exact) mass is 283 g/mol. The van der Waals surface area contributed by atoms with Gasteiger partial charge in [-0.25, -0.2) is 4.79 Å². The van der Waals surface area contributed by atoms with E-state index in [1.807, 2.05) is 0 Å². The Morgan fingerprint density at radius 3 is 2.55 bits per heavy atom. The van der Waals surface area contributed by atoms with Crippen LogP contribution in [0, 0.1) is 5.92 Å². The van der Waals surface area contributed by atoms with E-state index in [-0.39, 0.29) is 18.6 Å². The highest BCUT2D eigenvalue weighted by Crippen LogP contribution is 2.30. The molecule has 114 valence electrons. The number of carbonyl (C=O) groups is 2. The molecule has 1 aliphatic heterocycles. The van der Waals surface area contributed by atoms with Crippen molar-refractivity contribution in [2.75, 3.05) is 40.3 Å². The van der Waals surface area contributed by atoms with Gasteiger partial charge in [0.15, 0.2) is 0 Å². The van der Waals surface area contributed by atoms with Crippen LogP contribution in [0.2, 0.25) is 0 Å². The summed E-state index contributed by atoms with van der Waals surface area (Å²) in [6.07, 6.45) is 4.30. The van der Waals surface area contributed by atoms with E-state index in [4.69, 9.17) is 5.11 Å². The van der Waals surface area contributed by atoms with Gasteiger partial charge in [-0.3, -0.25) is 4.79 Å². The number of aliphatic carboxylic acids is 1. The molecule has 2 aliphatic rings. The number of likely N-dealkylation sites (N-methyl/N-ethyl adjacent to an activating group) is 2. The molecule has 6 nitrogen and oxygen atoms in total. The quantitative estimate of drug-likeness (QED) is 0.815. The lowest BCUT2D eigenvalue weighted by molar-refractivity contribution is -0.137. The second kappa shape index (κ2) is 6.43. The molecule has 0 spiro atoms. The average Bonchev–Trinajstić information content (AvgIpc) is 3.19. The molecule has 1 heterocycles. The number of urea groups is 1. The Bertz CT molecular complexity index is 371. The third kappa shape index (κ3) is 4.10. The van der Waals surface area contributed by atoms with Crippen LogP contribution in [0.1, 0.15) is 25.7 Å². The molecule has 1 saturated carbocycles.